The zero-order valence-electron chi connectivity index (χ0n) is 18.8. The lowest BCUT2D eigenvalue weighted by atomic mass is 9.97. The van der Waals surface area contributed by atoms with Gasteiger partial charge in [0.25, 0.3) is 5.91 Å². The average Bonchev–Trinajstić information content (AvgIpc) is 3.05. The van der Waals surface area contributed by atoms with Gasteiger partial charge in [-0.2, -0.15) is 0 Å². The number of nitrogens with zero attached hydrogens (tertiary/aromatic N) is 2. The van der Waals surface area contributed by atoms with Gasteiger partial charge in [-0.15, -0.1) is 0 Å². The summed E-state index contributed by atoms with van der Waals surface area (Å²) < 4.78 is 31.2. The number of amides is 1. The van der Waals surface area contributed by atoms with Gasteiger partial charge in [0.2, 0.25) is 5.76 Å². The Kier molecular flexibility index (Phi) is 6.32. The number of hydrogen-bond acceptors (Lipinski definition) is 6. The number of hydrogen-bond donors (Lipinski definition) is 0. The maximum Gasteiger partial charge on any atom is 0.290 e. The van der Waals surface area contributed by atoms with Crippen molar-refractivity contribution >= 4 is 28.5 Å². The second kappa shape index (κ2) is 9.03. The first-order chi connectivity index (χ1) is 15.8. The van der Waals surface area contributed by atoms with Gasteiger partial charge in [0.1, 0.15) is 5.58 Å². The molecule has 7 nitrogen and oxygen atoms in total. The summed E-state index contributed by atoms with van der Waals surface area (Å²) >= 11 is 6.10. The Labute approximate surface area is 195 Å². The number of rotatable bonds is 7. The van der Waals surface area contributed by atoms with Crippen LogP contribution in [0, 0.1) is 5.82 Å². The molecule has 0 bridgehead atoms. The van der Waals surface area contributed by atoms with E-state index in [9.17, 15) is 14.0 Å². The third kappa shape index (κ3) is 4.05. The van der Waals surface area contributed by atoms with Gasteiger partial charge in [-0.1, -0.05) is 11.6 Å². The lowest BCUT2D eigenvalue weighted by Gasteiger charge is -2.26. The van der Waals surface area contributed by atoms with Gasteiger partial charge in [0.15, 0.2) is 22.7 Å². The number of halogens is 2. The monoisotopic (exact) mass is 474 g/mol. The lowest BCUT2D eigenvalue weighted by Crippen LogP contribution is -2.32. The van der Waals surface area contributed by atoms with Crippen molar-refractivity contribution in [1.29, 1.82) is 0 Å². The molecule has 0 spiro atoms. The molecule has 4 rings (SSSR count). The molecule has 0 aliphatic carbocycles. The van der Waals surface area contributed by atoms with Crippen LogP contribution in [0.1, 0.15) is 34.1 Å². The highest BCUT2D eigenvalue weighted by molar-refractivity contribution is 6.31. The highest BCUT2D eigenvalue weighted by atomic mass is 35.5. The van der Waals surface area contributed by atoms with E-state index in [-0.39, 0.29) is 39.2 Å². The zero-order chi connectivity index (χ0) is 23.9. The van der Waals surface area contributed by atoms with Crippen molar-refractivity contribution in [2.45, 2.75) is 12.5 Å². The highest BCUT2D eigenvalue weighted by Gasteiger charge is 2.43. The minimum Gasteiger partial charge on any atom is -0.493 e. The molecule has 0 radical (unpaired) electrons. The van der Waals surface area contributed by atoms with Crippen LogP contribution in [0.25, 0.3) is 11.0 Å². The van der Waals surface area contributed by atoms with E-state index >= 15 is 0 Å². The molecule has 9 heteroatoms. The van der Waals surface area contributed by atoms with Crippen LogP contribution >= 0.6 is 11.6 Å². The summed E-state index contributed by atoms with van der Waals surface area (Å²) in [4.78, 5) is 30.5. The van der Waals surface area contributed by atoms with E-state index in [1.807, 2.05) is 19.0 Å². The fourth-order valence-corrected chi connectivity index (χ4v) is 4.39. The Morgan fingerprint density at radius 2 is 1.91 bits per heavy atom. The van der Waals surface area contributed by atoms with Gasteiger partial charge >= 0.3 is 0 Å². The fourth-order valence-electron chi connectivity index (χ4n) is 4.22. The molecule has 1 aliphatic rings. The molecular weight excluding hydrogens is 451 g/mol. The third-order valence-electron chi connectivity index (χ3n) is 5.70. The van der Waals surface area contributed by atoms with Crippen molar-refractivity contribution in [3.63, 3.8) is 0 Å². The number of carbonyl (C=O) groups is 1. The summed E-state index contributed by atoms with van der Waals surface area (Å²) in [7, 11) is 6.60. The molecule has 174 valence electrons. The maximum atomic E-state index is 14.9. The van der Waals surface area contributed by atoms with Crippen molar-refractivity contribution < 1.29 is 23.1 Å². The van der Waals surface area contributed by atoms with Gasteiger partial charge < -0.3 is 23.7 Å². The van der Waals surface area contributed by atoms with Crippen LogP contribution < -0.4 is 14.9 Å². The fraction of sp³-hybridized carbons (Fsp3) is 0.333. The normalized spacial score (nSPS) is 15.4. The van der Waals surface area contributed by atoms with Crippen LogP contribution in [-0.2, 0) is 0 Å². The van der Waals surface area contributed by atoms with E-state index in [4.69, 9.17) is 25.5 Å². The van der Waals surface area contributed by atoms with Crippen molar-refractivity contribution in [2.75, 3.05) is 41.4 Å². The summed E-state index contributed by atoms with van der Waals surface area (Å²) in [5.41, 5.74) is 0.434. The van der Waals surface area contributed by atoms with Gasteiger partial charge in [-0.25, -0.2) is 4.39 Å². The van der Waals surface area contributed by atoms with Crippen LogP contribution in [0.5, 0.6) is 11.5 Å². The second-order valence-corrected chi connectivity index (χ2v) is 8.55. The van der Waals surface area contributed by atoms with Crippen molar-refractivity contribution in [3.05, 3.63) is 68.3 Å². The summed E-state index contributed by atoms with van der Waals surface area (Å²) in [6, 6.07) is 6.66. The van der Waals surface area contributed by atoms with Crippen LogP contribution in [0.2, 0.25) is 5.02 Å². The van der Waals surface area contributed by atoms with Crippen LogP contribution in [0.3, 0.4) is 0 Å². The van der Waals surface area contributed by atoms with Crippen LogP contribution in [0.15, 0.2) is 39.5 Å². The first-order valence-corrected chi connectivity index (χ1v) is 10.8. The standard InChI is InChI=1S/C24H24ClFN2O5/c1-27(2)8-5-9-28-20(13-10-16(26)22(32-4)18(11-13)31-3)19-21(29)15-12-14(25)6-7-17(15)33-23(19)24(28)30/h6-7,10-12,20H,5,8-9H2,1-4H3. The largest absolute Gasteiger partial charge is 0.493 e. The molecule has 0 fully saturated rings. The number of carbonyl (C=O) groups excluding carboxylic acids is 1. The number of ether oxygens (including phenoxy) is 2. The zero-order valence-corrected chi connectivity index (χ0v) is 19.5. The number of benzene rings is 2. The summed E-state index contributed by atoms with van der Waals surface area (Å²) in [6.07, 6.45) is 0.651. The first kappa shape index (κ1) is 23.1. The third-order valence-corrected chi connectivity index (χ3v) is 5.94. The molecule has 0 saturated carbocycles. The summed E-state index contributed by atoms with van der Waals surface area (Å²) in [5.74, 6) is -1.01. The summed E-state index contributed by atoms with van der Waals surface area (Å²) in [5, 5.41) is 0.630. The summed E-state index contributed by atoms with van der Waals surface area (Å²) in [6.45, 7) is 1.07. The van der Waals surface area contributed by atoms with E-state index in [1.54, 1.807) is 23.1 Å². The van der Waals surface area contributed by atoms with Crippen LogP contribution in [0.4, 0.5) is 4.39 Å². The van der Waals surface area contributed by atoms with E-state index in [0.717, 1.165) is 6.54 Å². The maximum absolute atomic E-state index is 14.9. The minimum absolute atomic E-state index is 0.0418. The Balaban J connectivity index is 1.93. The Morgan fingerprint density at radius 1 is 1.15 bits per heavy atom. The van der Waals surface area contributed by atoms with Crippen molar-refractivity contribution in [2.24, 2.45) is 0 Å². The molecule has 0 N–H and O–H groups in total. The van der Waals surface area contributed by atoms with Gasteiger partial charge in [0.05, 0.1) is 31.2 Å². The lowest BCUT2D eigenvalue weighted by molar-refractivity contribution is 0.0721. The molecular formula is C24H24ClFN2O5. The van der Waals surface area contributed by atoms with E-state index < -0.39 is 17.8 Å². The van der Waals surface area contributed by atoms with Crippen LogP contribution in [-0.4, -0.2) is 57.1 Å². The molecule has 1 atom stereocenters. The molecule has 1 amide bonds. The van der Waals surface area contributed by atoms with E-state index in [1.165, 1.54) is 26.4 Å². The van der Waals surface area contributed by atoms with Crippen molar-refractivity contribution in [1.82, 2.24) is 9.80 Å². The topological polar surface area (TPSA) is 72.2 Å². The second-order valence-electron chi connectivity index (χ2n) is 8.11. The Hall–Kier alpha value is -3.10. The smallest absolute Gasteiger partial charge is 0.290 e. The number of fused-ring (bicyclic) bond motifs is 2. The van der Waals surface area contributed by atoms with Gasteiger partial charge in [-0.05, 0) is 63.0 Å². The molecule has 33 heavy (non-hydrogen) atoms. The highest BCUT2D eigenvalue weighted by Crippen LogP contribution is 2.42. The predicted molar refractivity (Wildman–Crippen MR) is 123 cm³/mol. The minimum atomic E-state index is -0.844. The first-order valence-electron chi connectivity index (χ1n) is 10.4. The molecule has 2 aromatic carbocycles. The van der Waals surface area contributed by atoms with Gasteiger partial charge in [0, 0.05) is 11.6 Å². The quantitative estimate of drug-likeness (QED) is 0.513. The SMILES string of the molecule is COc1cc(C2c3c(oc4ccc(Cl)cc4c3=O)C(=O)N2CCCN(C)C)cc(F)c1OC. The molecule has 1 aliphatic heterocycles. The number of methoxy groups -OCH3 is 2. The molecule has 0 saturated heterocycles. The molecule has 2 heterocycles. The molecule has 1 aromatic heterocycles. The van der Waals surface area contributed by atoms with Crippen molar-refractivity contribution in [3.8, 4) is 11.5 Å². The molecule has 1 unspecified atom stereocenters. The Bertz CT molecular complexity index is 1290. The van der Waals surface area contributed by atoms with E-state index in [0.29, 0.717) is 23.6 Å². The van der Waals surface area contributed by atoms with E-state index in [2.05, 4.69) is 0 Å². The van der Waals surface area contributed by atoms with Gasteiger partial charge in [-0.3, -0.25) is 9.59 Å². The Morgan fingerprint density at radius 3 is 2.58 bits per heavy atom. The average molecular weight is 475 g/mol. The predicted octanol–water partition coefficient (Wildman–Crippen LogP) is 4.10. The molecule has 3 aromatic rings.